The summed E-state index contributed by atoms with van der Waals surface area (Å²) in [4.78, 5) is 0.348. The van der Waals surface area contributed by atoms with Crippen molar-refractivity contribution in [2.45, 2.75) is 128 Å². The molecule has 4 heteroatoms. The van der Waals surface area contributed by atoms with Gasteiger partial charge in [-0.25, -0.2) is 0 Å². The number of benzene rings is 1. The van der Waals surface area contributed by atoms with Crippen LogP contribution in [0.25, 0.3) is 0 Å². The summed E-state index contributed by atoms with van der Waals surface area (Å²) in [5.41, 5.74) is 0.220. The van der Waals surface area contributed by atoms with Crippen molar-refractivity contribution in [1.29, 1.82) is 0 Å². The Kier molecular flexibility index (Phi) is 12.8. The van der Waals surface area contributed by atoms with Crippen LogP contribution in [-0.2, 0) is 20.7 Å². The highest BCUT2D eigenvalue weighted by atomic mass is 32.2. The van der Waals surface area contributed by atoms with Crippen molar-refractivity contribution in [3.8, 4) is 0 Å². The van der Waals surface area contributed by atoms with Crippen molar-refractivity contribution in [2.75, 3.05) is 0 Å². The van der Waals surface area contributed by atoms with Gasteiger partial charge in [-0.3, -0.25) is 4.18 Å². The van der Waals surface area contributed by atoms with E-state index in [0.29, 0.717) is 4.90 Å². The third kappa shape index (κ3) is 11.2. The van der Waals surface area contributed by atoms with Crippen molar-refractivity contribution in [2.24, 2.45) is 0 Å². The third-order valence-corrected chi connectivity index (χ3v) is 7.12. The molecule has 0 bridgehead atoms. The Morgan fingerprint density at radius 3 is 1.86 bits per heavy atom. The van der Waals surface area contributed by atoms with Crippen molar-refractivity contribution in [3.05, 3.63) is 29.8 Å². The maximum Gasteiger partial charge on any atom is 0.297 e. The lowest BCUT2D eigenvalue weighted by atomic mass is 10.0. The molecule has 0 aliphatic rings. The lowest BCUT2D eigenvalue weighted by Gasteiger charge is -2.25. The van der Waals surface area contributed by atoms with Crippen molar-refractivity contribution in [3.63, 3.8) is 0 Å². The van der Waals surface area contributed by atoms with E-state index in [-0.39, 0.29) is 0 Å². The SMILES string of the molecule is CCCCCCCCCCCCc1ccccc1S(=O)(=O)OC(C)(C)CCCC. The topological polar surface area (TPSA) is 43.4 Å². The van der Waals surface area contributed by atoms with Gasteiger partial charge in [-0.05, 0) is 44.7 Å². The molecule has 0 aliphatic carbocycles. The molecule has 0 unspecified atom stereocenters. The average Bonchev–Trinajstić information content (AvgIpc) is 2.67. The molecule has 1 aromatic carbocycles. The third-order valence-electron chi connectivity index (χ3n) is 5.51. The molecule has 0 N–H and O–H groups in total. The van der Waals surface area contributed by atoms with Gasteiger partial charge in [0.25, 0.3) is 10.1 Å². The highest BCUT2D eigenvalue weighted by Crippen LogP contribution is 2.27. The van der Waals surface area contributed by atoms with E-state index in [0.717, 1.165) is 44.1 Å². The summed E-state index contributed by atoms with van der Waals surface area (Å²) in [6.45, 7) is 8.09. The number of unbranched alkanes of at least 4 members (excludes halogenated alkanes) is 10. The van der Waals surface area contributed by atoms with Gasteiger partial charge in [0.05, 0.1) is 10.5 Å². The monoisotopic (exact) mass is 424 g/mol. The van der Waals surface area contributed by atoms with E-state index in [1.165, 1.54) is 51.4 Å². The number of hydrogen-bond acceptors (Lipinski definition) is 3. The summed E-state index contributed by atoms with van der Waals surface area (Å²) in [6.07, 6.45) is 16.3. The number of hydrogen-bond donors (Lipinski definition) is 0. The summed E-state index contributed by atoms with van der Waals surface area (Å²) in [5, 5.41) is 0. The minimum Gasteiger partial charge on any atom is -0.260 e. The molecule has 29 heavy (non-hydrogen) atoms. The van der Waals surface area contributed by atoms with Crippen LogP contribution in [0, 0.1) is 0 Å². The van der Waals surface area contributed by atoms with E-state index in [9.17, 15) is 8.42 Å². The Balaban J connectivity index is 2.47. The maximum atomic E-state index is 12.9. The molecule has 0 heterocycles. The molecule has 0 aromatic heterocycles. The number of rotatable bonds is 17. The van der Waals surface area contributed by atoms with Gasteiger partial charge in [0.2, 0.25) is 0 Å². The van der Waals surface area contributed by atoms with E-state index < -0.39 is 15.7 Å². The molecule has 3 nitrogen and oxygen atoms in total. The highest BCUT2D eigenvalue weighted by molar-refractivity contribution is 7.86. The van der Waals surface area contributed by atoms with Crippen molar-refractivity contribution < 1.29 is 12.6 Å². The van der Waals surface area contributed by atoms with Crippen LogP contribution in [-0.4, -0.2) is 14.0 Å². The largest absolute Gasteiger partial charge is 0.297 e. The predicted octanol–water partition coefficient (Wildman–Crippen LogP) is 7.82. The molecule has 0 saturated carbocycles. The van der Waals surface area contributed by atoms with Crippen LogP contribution in [0.5, 0.6) is 0 Å². The summed E-state index contributed by atoms with van der Waals surface area (Å²) in [6, 6.07) is 7.34. The van der Waals surface area contributed by atoms with E-state index in [4.69, 9.17) is 4.18 Å². The van der Waals surface area contributed by atoms with Crippen LogP contribution >= 0.6 is 0 Å². The standard InChI is InChI=1S/C25H44O3S/c1-5-7-9-10-11-12-13-14-15-16-19-23-20-17-18-21-24(23)29(26,27)28-25(3,4)22-8-6-2/h17-18,20-21H,5-16,19,22H2,1-4H3. The molecule has 168 valence electrons. The van der Waals surface area contributed by atoms with E-state index >= 15 is 0 Å². The number of aryl methyl sites for hydroxylation is 1. The van der Waals surface area contributed by atoms with E-state index in [2.05, 4.69) is 13.8 Å². The fourth-order valence-corrected chi connectivity index (χ4v) is 5.25. The molecular weight excluding hydrogens is 380 g/mol. The second-order valence-corrected chi connectivity index (χ2v) is 10.5. The van der Waals surface area contributed by atoms with Crippen LogP contribution in [0.1, 0.15) is 117 Å². The Morgan fingerprint density at radius 2 is 1.28 bits per heavy atom. The summed E-state index contributed by atoms with van der Waals surface area (Å²) in [7, 11) is -3.74. The Hall–Kier alpha value is -0.870. The van der Waals surface area contributed by atoms with Gasteiger partial charge >= 0.3 is 0 Å². The first kappa shape index (κ1) is 26.2. The molecule has 0 aliphatic heterocycles. The quantitative estimate of drug-likeness (QED) is 0.189. The second-order valence-electron chi connectivity index (χ2n) is 8.94. The fourth-order valence-electron chi connectivity index (χ4n) is 3.74. The Morgan fingerprint density at radius 1 is 0.759 bits per heavy atom. The molecule has 1 rings (SSSR count). The summed E-state index contributed by atoms with van der Waals surface area (Å²) >= 11 is 0. The van der Waals surface area contributed by atoms with E-state index in [1.807, 2.05) is 26.0 Å². The van der Waals surface area contributed by atoms with Crippen molar-refractivity contribution in [1.82, 2.24) is 0 Å². The van der Waals surface area contributed by atoms with Crippen LogP contribution in [0.2, 0.25) is 0 Å². The molecule has 0 spiro atoms. The van der Waals surface area contributed by atoms with Gasteiger partial charge in [0, 0.05) is 0 Å². The lowest BCUT2D eigenvalue weighted by molar-refractivity contribution is 0.105. The molecule has 0 fully saturated rings. The van der Waals surface area contributed by atoms with Gasteiger partial charge in [-0.15, -0.1) is 0 Å². The van der Waals surface area contributed by atoms with Crippen LogP contribution in [0.15, 0.2) is 29.2 Å². The predicted molar refractivity (Wildman–Crippen MR) is 124 cm³/mol. The molecule has 0 saturated heterocycles. The molecule has 1 aromatic rings. The first-order valence-corrected chi connectivity index (χ1v) is 13.3. The van der Waals surface area contributed by atoms with Gasteiger partial charge in [-0.1, -0.05) is 103 Å². The van der Waals surface area contributed by atoms with Crippen LogP contribution in [0.3, 0.4) is 0 Å². The highest BCUT2D eigenvalue weighted by Gasteiger charge is 2.29. The normalized spacial score (nSPS) is 12.4. The van der Waals surface area contributed by atoms with Crippen LogP contribution in [0.4, 0.5) is 0 Å². The summed E-state index contributed by atoms with van der Waals surface area (Å²) < 4.78 is 31.4. The molecule has 0 radical (unpaired) electrons. The average molecular weight is 425 g/mol. The van der Waals surface area contributed by atoms with E-state index in [1.54, 1.807) is 12.1 Å². The van der Waals surface area contributed by atoms with Gasteiger partial charge in [-0.2, -0.15) is 8.42 Å². The minimum absolute atomic E-state index is 0.348. The zero-order valence-corrected chi connectivity index (χ0v) is 20.2. The minimum atomic E-state index is -3.74. The first-order chi connectivity index (χ1) is 13.8. The fraction of sp³-hybridized carbons (Fsp3) is 0.760. The zero-order valence-electron chi connectivity index (χ0n) is 19.3. The summed E-state index contributed by atoms with van der Waals surface area (Å²) in [5.74, 6) is 0. The van der Waals surface area contributed by atoms with Gasteiger partial charge in [0.1, 0.15) is 0 Å². The first-order valence-electron chi connectivity index (χ1n) is 11.9. The van der Waals surface area contributed by atoms with Crippen molar-refractivity contribution >= 4 is 10.1 Å². The second kappa shape index (κ2) is 14.2. The molecule has 0 amide bonds. The zero-order chi connectivity index (χ0) is 21.6. The molecular formula is C25H44O3S. The maximum absolute atomic E-state index is 12.9. The molecule has 0 atom stereocenters. The van der Waals surface area contributed by atoms with Gasteiger partial charge in [0.15, 0.2) is 0 Å². The Labute approximate surface area is 180 Å². The van der Waals surface area contributed by atoms with Gasteiger partial charge < -0.3 is 0 Å². The van der Waals surface area contributed by atoms with Crippen LogP contribution < -0.4 is 0 Å². The lowest BCUT2D eigenvalue weighted by Crippen LogP contribution is -2.28. The Bertz CT molecular complexity index is 650. The smallest absolute Gasteiger partial charge is 0.260 e.